The lowest BCUT2D eigenvalue weighted by Gasteiger charge is -2.32. The van der Waals surface area contributed by atoms with Gasteiger partial charge in [0.2, 0.25) is 0 Å². The molecule has 3 heterocycles. The lowest BCUT2D eigenvalue weighted by Crippen LogP contribution is -2.35. The van der Waals surface area contributed by atoms with Crippen LogP contribution >= 0.6 is 0 Å². The first-order valence-corrected chi connectivity index (χ1v) is 11.5. The van der Waals surface area contributed by atoms with Gasteiger partial charge in [-0.3, -0.25) is 9.69 Å². The second kappa shape index (κ2) is 10.8. The summed E-state index contributed by atoms with van der Waals surface area (Å²) in [6.07, 6.45) is 10.1. The van der Waals surface area contributed by atoms with Crippen LogP contribution in [0.25, 0.3) is 0 Å². The summed E-state index contributed by atoms with van der Waals surface area (Å²) in [7, 11) is 0. The number of para-hydroxylation sites is 1. The minimum atomic E-state index is 0.0369. The van der Waals surface area contributed by atoms with Crippen molar-refractivity contribution in [2.24, 2.45) is 5.92 Å². The van der Waals surface area contributed by atoms with Gasteiger partial charge in [0, 0.05) is 24.9 Å². The van der Waals surface area contributed by atoms with Crippen molar-refractivity contribution in [1.29, 1.82) is 0 Å². The molecule has 1 atom stereocenters. The number of H-pyrrole nitrogens is 1. The van der Waals surface area contributed by atoms with Crippen LogP contribution in [0.3, 0.4) is 0 Å². The Bertz CT molecular complexity index is 836. The van der Waals surface area contributed by atoms with E-state index in [2.05, 4.69) is 34.1 Å². The number of nitrogens with one attached hydrogen (secondary N) is 1. The molecule has 2 aliphatic heterocycles. The summed E-state index contributed by atoms with van der Waals surface area (Å²) >= 11 is 0. The van der Waals surface area contributed by atoms with Crippen LogP contribution in [0.2, 0.25) is 0 Å². The number of aromatic amines is 1. The number of aryl methyl sites for hydroxylation is 1. The normalized spacial score (nSPS) is 20.9. The maximum Gasteiger partial charge on any atom is 0.252 e. The van der Waals surface area contributed by atoms with Gasteiger partial charge in [-0.05, 0) is 81.6 Å². The maximum atomic E-state index is 11.9. The van der Waals surface area contributed by atoms with E-state index in [9.17, 15) is 4.79 Å². The van der Waals surface area contributed by atoms with E-state index in [4.69, 9.17) is 9.47 Å². The highest BCUT2D eigenvalue weighted by Gasteiger charge is 2.20. The van der Waals surface area contributed by atoms with E-state index < -0.39 is 0 Å². The largest absolute Gasteiger partial charge is 0.491 e. The molecule has 1 unspecified atom stereocenters. The van der Waals surface area contributed by atoms with Gasteiger partial charge >= 0.3 is 0 Å². The highest BCUT2D eigenvalue weighted by Crippen LogP contribution is 2.27. The van der Waals surface area contributed by atoms with Crippen LogP contribution in [-0.4, -0.2) is 42.3 Å². The third-order valence-electron chi connectivity index (χ3n) is 6.49. The summed E-state index contributed by atoms with van der Waals surface area (Å²) in [5.41, 5.74) is 2.21. The van der Waals surface area contributed by atoms with Crippen molar-refractivity contribution in [3.63, 3.8) is 0 Å². The van der Waals surface area contributed by atoms with Crippen LogP contribution in [0.4, 0.5) is 0 Å². The lowest BCUT2D eigenvalue weighted by molar-refractivity contribution is -0.0112. The van der Waals surface area contributed by atoms with Crippen molar-refractivity contribution in [3.05, 3.63) is 64.1 Å². The summed E-state index contributed by atoms with van der Waals surface area (Å²) in [4.78, 5) is 17.1. The van der Waals surface area contributed by atoms with Gasteiger partial charge in [-0.15, -0.1) is 0 Å². The number of likely N-dealkylation sites (tertiary alicyclic amines) is 1. The van der Waals surface area contributed by atoms with Gasteiger partial charge in [0.25, 0.3) is 5.56 Å². The zero-order valence-electron chi connectivity index (χ0n) is 17.9. The van der Waals surface area contributed by atoms with Gasteiger partial charge in [-0.2, -0.15) is 0 Å². The van der Waals surface area contributed by atoms with Crippen molar-refractivity contribution in [1.82, 2.24) is 9.88 Å². The highest BCUT2D eigenvalue weighted by atomic mass is 16.5. The number of aromatic nitrogens is 1. The zero-order chi connectivity index (χ0) is 20.6. The molecule has 1 aromatic heterocycles. The average molecular weight is 411 g/mol. The molecule has 0 spiro atoms. The van der Waals surface area contributed by atoms with Crippen LogP contribution < -0.4 is 10.3 Å². The van der Waals surface area contributed by atoms with Crippen LogP contribution in [0.1, 0.15) is 49.7 Å². The predicted octanol–water partition coefficient (Wildman–Crippen LogP) is 4.17. The summed E-state index contributed by atoms with van der Waals surface area (Å²) in [6, 6.07) is 12.3. The maximum absolute atomic E-state index is 11.9. The molecule has 0 aliphatic carbocycles. The molecule has 5 nitrogen and oxygen atoms in total. The Kier molecular flexibility index (Phi) is 7.59. The molecule has 162 valence electrons. The zero-order valence-corrected chi connectivity index (χ0v) is 17.9. The van der Waals surface area contributed by atoms with Crippen molar-refractivity contribution in [2.45, 2.75) is 57.6 Å². The summed E-state index contributed by atoms with van der Waals surface area (Å²) < 4.78 is 11.9. The van der Waals surface area contributed by atoms with Gasteiger partial charge < -0.3 is 14.5 Å². The number of piperidine rings is 1. The average Bonchev–Trinajstić information content (AvgIpc) is 2.80. The molecular weight excluding hydrogens is 376 g/mol. The Labute approximate surface area is 179 Å². The van der Waals surface area contributed by atoms with E-state index in [0.717, 1.165) is 56.3 Å². The number of pyridine rings is 1. The van der Waals surface area contributed by atoms with Crippen molar-refractivity contribution >= 4 is 0 Å². The van der Waals surface area contributed by atoms with Gasteiger partial charge in [0.15, 0.2) is 0 Å². The standard InChI is InChI=1S/C25H34N2O3/c28-25-22(7-5-14-26-25)18-27-15-12-20(13-16-27)10-11-21-6-1-2-9-24(21)30-19-23-8-3-4-17-29-23/h1-2,5-7,9,14,20,23H,3-4,8,10-13,15-19H2,(H,26,28). The molecule has 0 radical (unpaired) electrons. The number of hydrogen-bond acceptors (Lipinski definition) is 4. The minimum Gasteiger partial charge on any atom is -0.491 e. The van der Waals surface area contributed by atoms with Gasteiger partial charge in [-0.25, -0.2) is 0 Å². The molecule has 30 heavy (non-hydrogen) atoms. The smallest absolute Gasteiger partial charge is 0.252 e. The Balaban J connectivity index is 1.22. The second-order valence-corrected chi connectivity index (χ2v) is 8.69. The number of hydrogen-bond donors (Lipinski definition) is 1. The van der Waals surface area contributed by atoms with Crippen LogP contribution in [-0.2, 0) is 17.7 Å². The quantitative estimate of drug-likeness (QED) is 0.710. The molecule has 2 fully saturated rings. The molecule has 1 N–H and O–H groups in total. The molecule has 2 aliphatic rings. The number of nitrogens with zero attached hydrogens (tertiary/aromatic N) is 1. The van der Waals surface area contributed by atoms with Gasteiger partial charge in [0.1, 0.15) is 12.4 Å². The molecule has 2 aromatic rings. The Hall–Kier alpha value is -2.11. The van der Waals surface area contributed by atoms with E-state index >= 15 is 0 Å². The predicted molar refractivity (Wildman–Crippen MR) is 119 cm³/mol. The van der Waals surface area contributed by atoms with Gasteiger partial charge in [0.05, 0.1) is 6.10 Å². The summed E-state index contributed by atoms with van der Waals surface area (Å²) in [6.45, 7) is 4.41. The molecule has 0 amide bonds. The van der Waals surface area contributed by atoms with E-state index in [1.807, 2.05) is 12.1 Å². The van der Waals surface area contributed by atoms with E-state index in [1.54, 1.807) is 6.20 Å². The van der Waals surface area contributed by atoms with Crippen LogP contribution in [0.15, 0.2) is 47.4 Å². The molecule has 4 rings (SSSR count). The lowest BCUT2D eigenvalue weighted by atomic mass is 9.90. The monoisotopic (exact) mass is 410 g/mol. The third kappa shape index (κ3) is 5.96. The molecular formula is C25H34N2O3. The molecule has 5 heteroatoms. The molecule has 0 saturated carbocycles. The minimum absolute atomic E-state index is 0.0369. The molecule has 1 aromatic carbocycles. The Morgan fingerprint density at radius 1 is 1.03 bits per heavy atom. The first kappa shape index (κ1) is 21.1. The fraction of sp³-hybridized carbons (Fsp3) is 0.560. The summed E-state index contributed by atoms with van der Waals surface area (Å²) in [5, 5.41) is 0. The Morgan fingerprint density at radius 3 is 2.67 bits per heavy atom. The van der Waals surface area contributed by atoms with Gasteiger partial charge in [-0.1, -0.05) is 24.3 Å². The second-order valence-electron chi connectivity index (χ2n) is 8.69. The first-order chi connectivity index (χ1) is 14.8. The van der Waals surface area contributed by atoms with E-state index in [0.29, 0.717) is 6.61 Å². The van der Waals surface area contributed by atoms with Crippen LogP contribution in [0.5, 0.6) is 5.75 Å². The topological polar surface area (TPSA) is 54.6 Å². The van der Waals surface area contributed by atoms with E-state index in [1.165, 1.54) is 37.7 Å². The number of benzene rings is 1. The summed E-state index contributed by atoms with van der Waals surface area (Å²) in [5.74, 6) is 1.76. The van der Waals surface area contributed by atoms with Crippen molar-refractivity contribution < 1.29 is 9.47 Å². The first-order valence-electron chi connectivity index (χ1n) is 11.5. The van der Waals surface area contributed by atoms with E-state index in [-0.39, 0.29) is 11.7 Å². The number of ether oxygens (including phenoxy) is 2. The SMILES string of the molecule is O=c1[nH]cccc1CN1CCC(CCc2ccccc2OCC2CCCCO2)CC1. The Morgan fingerprint density at radius 2 is 1.87 bits per heavy atom. The fourth-order valence-electron chi connectivity index (χ4n) is 4.59. The van der Waals surface area contributed by atoms with Crippen LogP contribution in [0, 0.1) is 5.92 Å². The fourth-order valence-corrected chi connectivity index (χ4v) is 4.59. The third-order valence-corrected chi connectivity index (χ3v) is 6.49. The van der Waals surface area contributed by atoms with Crippen molar-refractivity contribution in [2.75, 3.05) is 26.3 Å². The molecule has 0 bridgehead atoms. The number of rotatable bonds is 8. The highest BCUT2D eigenvalue weighted by molar-refractivity contribution is 5.33. The molecule has 2 saturated heterocycles. The van der Waals surface area contributed by atoms with Crippen molar-refractivity contribution in [3.8, 4) is 5.75 Å².